The molecule has 0 saturated carbocycles. The number of ether oxygens (including phenoxy) is 1. The van der Waals surface area contributed by atoms with E-state index in [4.69, 9.17) is 10.5 Å². The predicted molar refractivity (Wildman–Crippen MR) is 126 cm³/mol. The molecule has 2 aromatic heterocycles. The van der Waals surface area contributed by atoms with Crippen LogP contribution in [0.1, 0.15) is 46.2 Å². The van der Waals surface area contributed by atoms with Crippen LogP contribution < -0.4 is 15.8 Å². The van der Waals surface area contributed by atoms with Crippen LogP contribution in [0.15, 0.2) is 72.9 Å². The van der Waals surface area contributed by atoms with Gasteiger partial charge in [0.1, 0.15) is 17.3 Å². The molecule has 1 amide bonds. The molecule has 4 rings (SSSR count). The number of nitrogens with one attached hydrogen (secondary N) is 1. The van der Waals surface area contributed by atoms with Crippen molar-refractivity contribution in [1.82, 2.24) is 4.40 Å². The van der Waals surface area contributed by atoms with E-state index in [1.165, 1.54) is 18.2 Å². The number of hydrogen-bond donors (Lipinski definition) is 2. The average molecular weight is 445 g/mol. The Bertz CT molecular complexity index is 1310. The quantitative estimate of drug-likeness (QED) is 0.284. The highest BCUT2D eigenvalue weighted by Gasteiger charge is 2.26. The summed E-state index contributed by atoms with van der Waals surface area (Å²) in [7, 11) is 0. The minimum atomic E-state index is -0.527. The number of carbonyl (C=O) groups excluding carboxylic acids is 2. The molecule has 168 valence electrons. The van der Waals surface area contributed by atoms with Gasteiger partial charge >= 0.3 is 0 Å². The molecule has 0 bridgehead atoms. The first-order valence-electron chi connectivity index (χ1n) is 10.7. The molecule has 4 aromatic rings. The zero-order valence-corrected chi connectivity index (χ0v) is 18.2. The molecule has 0 aliphatic heterocycles. The molecule has 0 radical (unpaired) electrons. The predicted octanol–water partition coefficient (Wildman–Crippen LogP) is 5.32. The van der Waals surface area contributed by atoms with Crippen molar-refractivity contribution in [1.29, 1.82) is 0 Å². The number of nitrogen functional groups attached to an aromatic ring is 1. The number of fused-ring (bicyclic) bond motifs is 1. The molecule has 2 aromatic carbocycles. The first-order chi connectivity index (χ1) is 16.0. The van der Waals surface area contributed by atoms with Crippen LogP contribution in [0.2, 0.25) is 0 Å². The van der Waals surface area contributed by atoms with Gasteiger partial charge in [-0.3, -0.25) is 9.59 Å². The second kappa shape index (κ2) is 9.56. The molecule has 3 N–H and O–H groups in total. The van der Waals surface area contributed by atoms with Crippen LogP contribution in [-0.2, 0) is 0 Å². The Hall–Kier alpha value is -4.13. The van der Waals surface area contributed by atoms with Gasteiger partial charge in [0.25, 0.3) is 5.91 Å². The standard InChI is InChI=1S/C26H24FN3O3/c1-2-3-15-33-20-12-10-17(11-13-20)25(31)24-23(28)22(21-9-4-5-14-30(21)24)26(32)29-19-8-6-7-18(27)16-19/h4-14,16H,2-3,15,28H2,1H3,(H,29,32). The van der Waals surface area contributed by atoms with Crippen LogP contribution in [-0.4, -0.2) is 22.7 Å². The van der Waals surface area contributed by atoms with Crippen LogP contribution in [0.25, 0.3) is 5.52 Å². The topological polar surface area (TPSA) is 85.8 Å². The number of benzene rings is 2. The third-order valence-electron chi connectivity index (χ3n) is 5.29. The highest BCUT2D eigenvalue weighted by molar-refractivity contribution is 6.20. The summed E-state index contributed by atoms with van der Waals surface area (Å²) in [5.41, 5.74) is 7.94. The number of hydrogen-bond acceptors (Lipinski definition) is 4. The summed E-state index contributed by atoms with van der Waals surface area (Å²) in [4.78, 5) is 26.4. The van der Waals surface area contributed by atoms with Gasteiger partial charge in [0.2, 0.25) is 5.78 Å². The van der Waals surface area contributed by atoms with E-state index in [0.29, 0.717) is 29.1 Å². The van der Waals surface area contributed by atoms with Crippen LogP contribution in [0.4, 0.5) is 15.8 Å². The third kappa shape index (κ3) is 4.57. The van der Waals surface area contributed by atoms with E-state index in [0.717, 1.165) is 12.8 Å². The average Bonchev–Trinajstić information content (AvgIpc) is 3.11. The first kappa shape index (κ1) is 22.1. The lowest BCUT2D eigenvalue weighted by atomic mass is 10.1. The molecule has 33 heavy (non-hydrogen) atoms. The van der Waals surface area contributed by atoms with E-state index in [2.05, 4.69) is 12.2 Å². The Balaban J connectivity index is 1.68. The zero-order chi connectivity index (χ0) is 23.4. The first-order valence-corrected chi connectivity index (χ1v) is 10.7. The molecule has 0 aliphatic carbocycles. The number of ketones is 1. The van der Waals surface area contributed by atoms with E-state index in [9.17, 15) is 14.0 Å². The van der Waals surface area contributed by atoms with Gasteiger partial charge in [-0.2, -0.15) is 0 Å². The van der Waals surface area contributed by atoms with Crippen molar-refractivity contribution < 1.29 is 18.7 Å². The molecular formula is C26H24FN3O3. The molecular weight excluding hydrogens is 421 g/mol. The number of carbonyl (C=O) groups is 2. The van der Waals surface area contributed by atoms with E-state index >= 15 is 0 Å². The van der Waals surface area contributed by atoms with Crippen molar-refractivity contribution in [2.24, 2.45) is 0 Å². The summed E-state index contributed by atoms with van der Waals surface area (Å²) in [6, 6.07) is 17.6. The van der Waals surface area contributed by atoms with Crippen LogP contribution >= 0.6 is 0 Å². The number of halogens is 1. The zero-order valence-electron chi connectivity index (χ0n) is 18.2. The van der Waals surface area contributed by atoms with Crippen molar-refractivity contribution >= 4 is 28.6 Å². The highest BCUT2D eigenvalue weighted by atomic mass is 19.1. The second-order valence-electron chi connectivity index (χ2n) is 7.61. The van der Waals surface area contributed by atoms with Crippen molar-refractivity contribution in [3.05, 3.63) is 95.6 Å². The monoisotopic (exact) mass is 445 g/mol. The van der Waals surface area contributed by atoms with E-state index < -0.39 is 11.7 Å². The second-order valence-corrected chi connectivity index (χ2v) is 7.61. The summed E-state index contributed by atoms with van der Waals surface area (Å²) in [6.07, 6.45) is 3.67. The van der Waals surface area contributed by atoms with Gasteiger partial charge < -0.3 is 20.2 Å². The summed E-state index contributed by atoms with van der Waals surface area (Å²) in [5.74, 6) is -0.636. The summed E-state index contributed by atoms with van der Waals surface area (Å²) in [5, 5.41) is 2.66. The minimum Gasteiger partial charge on any atom is -0.494 e. The van der Waals surface area contributed by atoms with E-state index in [1.807, 2.05) is 0 Å². The van der Waals surface area contributed by atoms with Crippen LogP contribution in [0.3, 0.4) is 0 Å². The molecule has 0 fully saturated rings. The lowest BCUT2D eigenvalue weighted by molar-refractivity contribution is 0.102. The summed E-state index contributed by atoms with van der Waals surface area (Å²) >= 11 is 0. The normalized spacial score (nSPS) is 10.8. The van der Waals surface area contributed by atoms with Crippen LogP contribution in [0, 0.1) is 5.82 Å². The molecule has 0 atom stereocenters. The lowest BCUT2D eigenvalue weighted by Crippen LogP contribution is -2.14. The number of nitrogens with two attached hydrogens (primary N) is 1. The number of rotatable bonds is 8. The fourth-order valence-electron chi connectivity index (χ4n) is 3.63. The summed E-state index contributed by atoms with van der Waals surface area (Å²) in [6.45, 7) is 2.70. The summed E-state index contributed by atoms with van der Waals surface area (Å²) < 4.78 is 20.8. The smallest absolute Gasteiger partial charge is 0.259 e. The highest BCUT2D eigenvalue weighted by Crippen LogP contribution is 2.29. The number of anilines is 2. The SMILES string of the molecule is CCCCOc1ccc(C(=O)c2c(N)c(C(=O)Nc3cccc(F)c3)c3ccccn23)cc1. The number of amides is 1. The molecule has 7 heteroatoms. The Morgan fingerprint density at radius 2 is 1.85 bits per heavy atom. The van der Waals surface area contributed by atoms with Gasteiger partial charge in [-0.15, -0.1) is 0 Å². The minimum absolute atomic E-state index is 0.0587. The fraction of sp³-hybridized carbons (Fsp3) is 0.154. The fourth-order valence-corrected chi connectivity index (χ4v) is 3.63. The number of nitrogens with zero attached hydrogens (tertiary/aromatic N) is 1. The molecule has 2 heterocycles. The molecule has 0 saturated heterocycles. The van der Waals surface area contributed by atoms with Gasteiger partial charge in [0.05, 0.1) is 23.4 Å². The Morgan fingerprint density at radius 1 is 1.06 bits per heavy atom. The van der Waals surface area contributed by atoms with Gasteiger partial charge in [-0.05, 0) is 61.0 Å². The number of unbranched alkanes of at least 4 members (excludes halogenated alkanes) is 1. The maximum atomic E-state index is 13.5. The maximum absolute atomic E-state index is 13.5. The molecule has 0 unspecified atom stereocenters. The van der Waals surface area contributed by atoms with Gasteiger partial charge in [0.15, 0.2) is 0 Å². The van der Waals surface area contributed by atoms with Crippen molar-refractivity contribution in [2.45, 2.75) is 19.8 Å². The Kier molecular flexibility index (Phi) is 6.40. The number of pyridine rings is 1. The molecule has 6 nitrogen and oxygen atoms in total. The molecule has 0 aliphatic rings. The van der Waals surface area contributed by atoms with E-state index in [-0.39, 0.29) is 22.7 Å². The van der Waals surface area contributed by atoms with Gasteiger partial charge in [-0.25, -0.2) is 4.39 Å². The Morgan fingerprint density at radius 3 is 2.58 bits per heavy atom. The van der Waals surface area contributed by atoms with Crippen LogP contribution in [0.5, 0.6) is 5.75 Å². The Labute approximate surface area is 190 Å². The maximum Gasteiger partial charge on any atom is 0.259 e. The number of aromatic nitrogens is 1. The van der Waals surface area contributed by atoms with Crippen molar-refractivity contribution in [3.8, 4) is 5.75 Å². The van der Waals surface area contributed by atoms with Gasteiger partial charge in [0, 0.05) is 17.4 Å². The van der Waals surface area contributed by atoms with Crippen molar-refractivity contribution in [2.75, 3.05) is 17.7 Å². The third-order valence-corrected chi connectivity index (χ3v) is 5.29. The molecule has 0 spiro atoms. The largest absolute Gasteiger partial charge is 0.494 e. The van der Waals surface area contributed by atoms with Gasteiger partial charge in [-0.1, -0.05) is 25.5 Å². The van der Waals surface area contributed by atoms with E-state index in [1.54, 1.807) is 59.1 Å². The lowest BCUT2D eigenvalue weighted by Gasteiger charge is -2.07. The van der Waals surface area contributed by atoms with Crippen molar-refractivity contribution in [3.63, 3.8) is 0 Å².